The second-order valence-electron chi connectivity index (χ2n) is 9.64. The minimum absolute atomic E-state index is 0.0953. The lowest BCUT2D eigenvalue weighted by Crippen LogP contribution is -2.36. The summed E-state index contributed by atoms with van der Waals surface area (Å²) in [6.45, 7) is 4.22. The molecule has 1 saturated carbocycles. The summed E-state index contributed by atoms with van der Waals surface area (Å²) in [6.07, 6.45) is 10.8. The number of benzene rings is 1. The second-order valence-corrected chi connectivity index (χ2v) is 9.64. The van der Waals surface area contributed by atoms with Gasteiger partial charge in [-0.25, -0.2) is 4.98 Å². The van der Waals surface area contributed by atoms with Crippen molar-refractivity contribution < 1.29 is 14.6 Å². The van der Waals surface area contributed by atoms with Crippen molar-refractivity contribution in [3.8, 4) is 11.5 Å². The minimum Gasteiger partial charge on any atom is -0.493 e. The molecule has 5 rings (SSSR count). The molecule has 6 heteroatoms. The molecule has 174 valence electrons. The molecule has 2 heterocycles. The molecule has 0 bridgehead atoms. The number of anilines is 1. The van der Waals surface area contributed by atoms with Gasteiger partial charge in [0.1, 0.15) is 5.82 Å². The first kappa shape index (κ1) is 21.8. The molecule has 1 aromatic carbocycles. The molecule has 2 N–H and O–H groups in total. The average molecular weight is 440 g/mol. The molecule has 0 amide bonds. The Morgan fingerprint density at radius 3 is 2.66 bits per heavy atom. The highest BCUT2D eigenvalue weighted by atomic mass is 16.5. The van der Waals surface area contributed by atoms with Crippen LogP contribution in [0.1, 0.15) is 62.5 Å². The molecule has 6 nitrogen and oxygen atoms in total. The zero-order valence-corrected chi connectivity index (χ0v) is 19.4. The van der Waals surface area contributed by atoms with E-state index in [0.717, 1.165) is 80.7 Å². The highest BCUT2D eigenvalue weighted by Gasteiger charge is 2.27. The van der Waals surface area contributed by atoms with Crippen LogP contribution in [0.2, 0.25) is 0 Å². The quantitative estimate of drug-likeness (QED) is 0.598. The number of ether oxygens (including phenoxy) is 2. The van der Waals surface area contributed by atoms with Crippen LogP contribution in [0.3, 0.4) is 0 Å². The van der Waals surface area contributed by atoms with E-state index < -0.39 is 0 Å². The molecule has 3 aliphatic rings. The van der Waals surface area contributed by atoms with E-state index in [1.165, 1.54) is 42.4 Å². The maximum atomic E-state index is 10.5. The molecule has 1 saturated heterocycles. The summed E-state index contributed by atoms with van der Waals surface area (Å²) in [5, 5.41) is 15.3. The molecular formula is C26H37N3O3. The van der Waals surface area contributed by atoms with Gasteiger partial charge in [0.15, 0.2) is 11.5 Å². The number of hydrogen-bond acceptors (Lipinski definition) is 6. The number of aromatic nitrogens is 1. The van der Waals surface area contributed by atoms with E-state index in [2.05, 4.69) is 16.3 Å². The van der Waals surface area contributed by atoms with E-state index in [0.29, 0.717) is 6.61 Å². The Morgan fingerprint density at radius 1 is 1.03 bits per heavy atom. The summed E-state index contributed by atoms with van der Waals surface area (Å²) < 4.78 is 11.9. The smallest absolute Gasteiger partial charge is 0.163 e. The zero-order chi connectivity index (χ0) is 21.9. The summed E-state index contributed by atoms with van der Waals surface area (Å²) in [5.41, 5.74) is 3.65. The van der Waals surface area contributed by atoms with Crippen LogP contribution in [0.15, 0.2) is 12.1 Å². The summed E-state index contributed by atoms with van der Waals surface area (Å²) >= 11 is 0. The van der Waals surface area contributed by atoms with Crippen LogP contribution in [-0.2, 0) is 12.8 Å². The summed E-state index contributed by atoms with van der Waals surface area (Å²) in [7, 11) is 1.71. The van der Waals surface area contributed by atoms with Crippen LogP contribution < -0.4 is 14.8 Å². The average Bonchev–Trinajstić information content (AvgIpc) is 3.50. The molecule has 2 atom stereocenters. The number of methoxy groups -OCH3 is 1. The number of aliphatic hydroxyl groups excluding tert-OH is 1. The Kier molecular flexibility index (Phi) is 6.69. The molecule has 1 aliphatic heterocycles. The van der Waals surface area contributed by atoms with Crippen LogP contribution in [0, 0.1) is 0 Å². The maximum Gasteiger partial charge on any atom is 0.163 e. The molecule has 2 aromatic rings. The first-order valence-corrected chi connectivity index (χ1v) is 12.6. The summed E-state index contributed by atoms with van der Waals surface area (Å²) in [5.74, 6) is 2.52. The van der Waals surface area contributed by atoms with Gasteiger partial charge >= 0.3 is 0 Å². The van der Waals surface area contributed by atoms with Gasteiger partial charge < -0.3 is 24.8 Å². The summed E-state index contributed by atoms with van der Waals surface area (Å²) in [6, 6.07) is 4.25. The van der Waals surface area contributed by atoms with E-state index in [1.54, 1.807) is 7.11 Å². The van der Waals surface area contributed by atoms with Gasteiger partial charge in [-0.15, -0.1) is 0 Å². The van der Waals surface area contributed by atoms with Crippen molar-refractivity contribution in [1.29, 1.82) is 0 Å². The molecule has 0 unspecified atom stereocenters. The van der Waals surface area contributed by atoms with Crippen LogP contribution in [0.5, 0.6) is 11.5 Å². The number of hydrogen-bond donors (Lipinski definition) is 2. The van der Waals surface area contributed by atoms with Crippen molar-refractivity contribution in [3.05, 3.63) is 23.3 Å². The number of aliphatic hydroxyl groups is 1. The zero-order valence-electron chi connectivity index (χ0n) is 19.4. The molecule has 0 spiro atoms. The Hall–Kier alpha value is -2.05. The van der Waals surface area contributed by atoms with Crippen molar-refractivity contribution in [2.75, 3.05) is 38.7 Å². The van der Waals surface area contributed by atoms with Gasteiger partial charge in [-0.2, -0.15) is 0 Å². The molecule has 2 aliphatic carbocycles. The van der Waals surface area contributed by atoms with Crippen LogP contribution in [0.4, 0.5) is 5.82 Å². The lowest BCUT2D eigenvalue weighted by atomic mass is 9.92. The molecule has 0 radical (unpaired) electrons. The van der Waals surface area contributed by atoms with E-state index in [1.807, 2.05) is 6.07 Å². The van der Waals surface area contributed by atoms with Gasteiger partial charge in [-0.1, -0.05) is 12.8 Å². The Morgan fingerprint density at radius 2 is 1.84 bits per heavy atom. The number of likely N-dealkylation sites (tertiary alicyclic amines) is 1. The number of aryl methyl sites for hydroxylation is 1. The lowest BCUT2D eigenvalue weighted by molar-refractivity contribution is 0.116. The predicted octanol–water partition coefficient (Wildman–Crippen LogP) is 4.31. The minimum atomic E-state index is -0.288. The predicted molar refractivity (Wildman–Crippen MR) is 128 cm³/mol. The largest absolute Gasteiger partial charge is 0.493 e. The van der Waals surface area contributed by atoms with Gasteiger partial charge in [-0.05, 0) is 81.6 Å². The van der Waals surface area contributed by atoms with E-state index in [-0.39, 0.29) is 12.1 Å². The fourth-order valence-corrected chi connectivity index (χ4v) is 5.70. The standard InChI is InChI=1S/C26H37N3O3/c1-31-24-16-20-18-8-6-9-19(18)26(27-21-10-2-3-11-23(21)30)28-22(20)17-25(24)32-15-7-14-29-12-4-5-13-29/h16-17,21,23,30H,2-15H2,1H3,(H,27,28)/t21-,23-/m0/s1. The highest BCUT2D eigenvalue weighted by Crippen LogP contribution is 2.39. The maximum absolute atomic E-state index is 10.5. The van der Waals surface area contributed by atoms with Crippen molar-refractivity contribution in [3.63, 3.8) is 0 Å². The molecule has 1 aromatic heterocycles. The monoisotopic (exact) mass is 439 g/mol. The SMILES string of the molecule is COc1cc2c3c(c(N[C@H]4CCCC[C@@H]4O)nc2cc1OCCCN1CCCC1)CCC3. The van der Waals surface area contributed by atoms with Crippen LogP contribution in [-0.4, -0.2) is 60.5 Å². The van der Waals surface area contributed by atoms with Gasteiger partial charge in [0.05, 0.1) is 31.4 Å². The van der Waals surface area contributed by atoms with Gasteiger partial charge in [0.25, 0.3) is 0 Å². The fraction of sp³-hybridized carbons (Fsp3) is 0.654. The Balaban J connectivity index is 1.38. The normalized spacial score (nSPS) is 23.4. The van der Waals surface area contributed by atoms with Crippen molar-refractivity contribution in [2.45, 2.75) is 76.4 Å². The van der Waals surface area contributed by atoms with Crippen molar-refractivity contribution in [1.82, 2.24) is 9.88 Å². The molecule has 32 heavy (non-hydrogen) atoms. The number of pyridine rings is 1. The van der Waals surface area contributed by atoms with Crippen molar-refractivity contribution >= 4 is 16.7 Å². The van der Waals surface area contributed by atoms with Gasteiger partial charge in [-0.3, -0.25) is 0 Å². The van der Waals surface area contributed by atoms with Gasteiger partial charge in [0, 0.05) is 18.0 Å². The first-order valence-electron chi connectivity index (χ1n) is 12.6. The number of fused-ring (bicyclic) bond motifs is 3. The van der Waals surface area contributed by atoms with Crippen LogP contribution in [0.25, 0.3) is 10.9 Å². The number of nitrogens with zero attached hydrogens (tertiary/aromatic N) is 2. The van der Waals surface area contributed by atoms with Crippen LogP contribution >= 0.6 is 0 Å². The lowest BCUT2D eigenvalue weighted by Gasteiger charge is -2.29. The van der Waals surface area contributed by atoms with E-state index in [4.69, 9.17) is 14.5 Å². The number of nitrogens with one attached hydrogen (secondary N) is 1. The van der Waals surface area contributed by atoms with Crippen molar-refractivity contribution in [2.24, 2.45) is 0 Å². The topological polar surface area (TPSA) is 66.8 Å². The Labute approximate surface area is 191 Å². The third-order valence-corrected chi connectivity index (χ3v) is 7.47. The Bertz CT molecular complexity index is 942. The van der Waals surface area contributed by atoms with Gasteiger partial charge in [0.2, 0.25) is 0 Å². The fourth-order valence-electron chi connectivity index (χ4n) is 5.70. The van der Waals surface area contributed by atoms with E-state index >= 15 is 0 Å². The third kappa shape index (κ3) is 4.53. The third-order valence-electron chi connectivity index (χ3n) is 7.47. The second kappa shape index (κ2) is 9.84. The molecule has 2 fully saturated rings. The highest BCUT2D eigenvalue weighted by molar-refractivity contribution is 5.89. The molecular weight excluding hydrogens is 402 g/mol. The first-order chi connectivity index (χ1) is 15.7. The summed E-state index contributed by atoms with van der Waals surface area (Å²) in [4.78, 5) is 7.55. The number of rotatable bonds is 8. The van der Waals surface area contributed by atoms with E-state index in [9.17, 15) is 5.11 Å².